The van der Waals surface area contributed by atoms with Gasteiger partial charge in [0.05, 0.1) is 12.2 Å². The molecule has 1 aromatic heterocycles. The lowest BCUT2D eigenvalue weighted by atomic mass is 9.98. The lowest BCUT2D eigenvalue weighted by molar-refractivity contribution is 0.102. The fourth-order valence-corrected chi connectivity index (χ4v) is 2.62. The average molecular weight is 324 g/mol. The molecule has 0 atom stereocenters. The van der Waals surface area contributed by atoms with Crippen molar-refractivity contribution in [3.8, 4) is 5.88 Å². The van der Waals surface area contributed by atoms with Crippen LogP contribution in [0.15, 0.2) is 36.5 Å². The van der Waals surface area contributed by atoms with Crippen LogP contribution in [0.3, 0.4) is 0 Å². The Morgan fingerprint density at radius 1 is 1.29 bits per heavy atom. The first-order valence-electron chi connectivity index (χ1n) is 8.54. The van der Waals surface area contributed by atoms with Crippen molar-refractivity contribution in [1.29, 1.82) is 0 Å². The number of anilines is 1. The van der Waals surface area contributed by atoms with Crippen LogP contribution in [0.2, 0.25) is 0 Å². The number of pyridine rings is 1. The summed E-state index contributed by atoms with van der Waals surface area (Å²) in [4.78, 5) is 16.8. The molecular weight excluding hydrogens is 300 g/mol. The molecule has 0 aliphatic heterocycles. The number of para-hydroxylation sites is 1. The molecular formula is C20H24N2O2. The SMILES string of the molecule is Cc1cccc(C(C)C)c1NC(=O)c1ccc(OCC2CC2)nc1. The van der Waals surface area contributed by atoms with Gasteiger partial charge in [0.15, 0.2) is 0 Å². The summed E-state index contributed by atoms with van der Waals surface area (Å²) in [6, 6.07) is 9.61. The van der Waals surface area contributed by atoms with Gasteiger partial charge in [-0.3, -0.25) is 4.79 Å². The maximum Gasteiger partial charge on any atom is 0.257 e. The molecule has 0 radical (unpaired) electrons. The highest BCUT2D eigenvalue weighted by atomic mass is 16.5. The lowest BCUT2D eigenvalue weighted by Gasteiger charge is -2.16. The fraction of sp³-hybridized carbons (Fsp3) is 0.400. The second-order valence-corrected chi connectivity index (χ2v) is 6.79. The van der Waals surface area contributed by atoms with Crippen LogP contribution in [-0.2, 0) is 0 Å². The van der Waals surface area contributed by atoms with Crippen molar-refractivity contribution >= 4 is 11.6 Å². The van der Waals surface area contributed by atoms with E-state index in [0.29, 0.717) is 23.3 Å². The first-order valence-corrected chi connectivity index (χ1v) is 8.54. The molecule has 1 heterocycles. The highest BCUT2D eigenvalue weighted by molar-refractivity contribution is 6.05. The summed E-state index contributed by atoms with van der Waals surface area (Å²) in [7, 11) is 0. The highest BCUT2D eigenvalue weighted by Crippen LogP contribution is 2.29. The second-order valence-electron chi connectivity index (χ2n) is 6.79. The van der Waals surface area contributed by atoms with Gasteiger partial charge in [-0.15, -0.1) is 0 Å². The van der Waals surface area contributed by atoms with E-state index in [2.05, 4.69) is 30.2 Å². The Morgan fingerprint density at radius 2 is 2.08 bits per heavy atom. The van der Waals surface area contributed by atoms with Crippen LogP contribution in [-0.4, -0.2) is 17.5 Å². The molecule has 126 valence electrons. The van der Waals surface area contributed by atoms with E-state index in [1.54, 1.807) is 18.3 Å². The van der Waals surface area contributed by atoms with Crippen LogP contribution in [0.5, 0.6) is 5.88 Å². The number of hydrogen-bond donors (Lipinski definition) is 1. The Hall–Kier alpha value is -2.36. The number of nitrogens with one attached hydrogen (secondary N) is 1. The van der Waals surface area contributed by atoms with E-state index >= 15 is 0 Å². The quantitative estimate of drug-likeness (QED) is 0.848. The van der Waals surface area contributed by atoms with E-state index in [9.17, 15) is 4.79 Å². The van der Waals surface area contributed by atoms with Gasteiger partial charge < -0.3 is 10.1 Å². The molecule has 0 unspecified atom stereocenters. The van der Waals surface area contributed by atoms with Gasteiger partial charge in [-0.05, 0) is 48.8 Å². The Bertz CT molecular complexity index is 719. The Balaban J connectivity index is 1.70. The number of carbonyl (C=O) groups is 1. The Kier molecular flexibility index (Phi) is 4.84. The van der Waals surface area contributed by atoms with Gasteiger partial charge in [-0.2, -0.15) is 0 Å². The molecule has 0 saturated heterocycles. The molecule has 0 spiro atoms. The minimum absolute atomic E-state index is 0.146. The summed E-state index contributed by atoms with van der Waals surface area (Å²) >= 11 is 0. The monoisotopic (exact) mass is 324 g/mol. The maximum atomic E-state index is 12.5. The number of aryl methyl sites for hydroxylation is 1. The van der Waals surface area contributed by atoms with Crippen molar-refractivity contribution < 1.29 is 9.53 Å². The Labute approximate surface area is 143 Å². The van der Waals surface area contributed by atoms with E-state index in [0.717, 1.165) is 23.4 Å². The van der Waals surface area contributed by atoms with Crippen molar-refractivity contribution in [3.05, 3.63) is 53.2 Å². The van der Waals surface area contributed by atoms with Crippen molar-refractivity contribution in [2.24, 2.45) is 5.92 Å². The molecule has 1 fully saturated rings. The van der Waals surface area contributed by atoms with Crippen molar-refractivity contribution in [1.82, 2.24) is 4.98 Å². The van der Waals surface area contributed by atoms with E-state index in [1.165, 1.54) is 12.8 Å². The molecule has 1 saturated carbocycles. The largest absolute Gasteiger partial charge is 0.477 e. The predicted octanol–water partition coefficient (Wildman–Crippen LogP) is 4.55. The zero-order valence-corrected chi connectivity index (χ0v) is 14.5. The minimum Gasteiger partial charge on any atom is -0.477 e. The van der Waals surface area contributed by atoms with Gasteiger partial charge in [0.1, 0.15) is 0 Å². The molecule has 4 nitrogen and oxygen atoms in total. The summed E-state index contributed by atoms with van der Waals surface area (Å²) in [6.07, 6.45) is 4.06. The summed E-state index contributed by atoms with van der Waals surface area (Å²) in [5.74, 6) is 1.46. The van der Waals surface area contributed by atoms with Crippen LogP contribution >= 0.6 is 0 Å². The third kappa shape index (κ3) is 3.94. The van der Waals surface area contributed by atoms with Gasteiger partial charge in [0.25, 0.3) is 5.91 Å². The van der Waals surface area contributed by atoms with Gasteiger partial charge in [-0.25, -0.2) is 4.98 Å². The van der Waals surface area contributed by atoms with Crippen molar-refractivity contribution in [2.75, 3.05) is 11.9 Å². The normalized spacial score (nSPS) is 13.8. The summed E-state index contributed by atoms with van der Waals surface area (Å²) in [5, 5.41) is 3.04. The van der Waals surface area contributed by atoms with Gasteiger partial charge in [-0.1, -0.05) is 32.0 Å². The van der Waals surface area contributed by atoms with E-state index in [1.807, 2.05) is 19.1 Å². The standard InChI is InChI=1S/C20H24N2O2/c1-13(2)17-6-4-5-14(3)19(17)22-20(23)16-9-10-18(21-11-16)24-12-15-7-8-15/h4-6,9-11,13,15H,7-8,12H2,1-3H3,(H,22,23). The third-order valence-electron chi connectivity index (χ3n) is 4.33. The number of carbonyl (C=O) groups excluding carboxylic acids is 1. The van der Waals surface area contributed by atoms with Crippen LogP contribution in [0.4, 0.5) is 5.69 Å². The number of aromatic nitrogens is 1. The van der Waals surface area contributed by atoms with Crippen molar-refractivity contribution in [2.45, 2.75) is 39.5 Å². The summed E-state index contributed by atoms with van der Waals surface area (Å²) in [5.41, 5.74) is 3.63. The smallest absolute Gasteiger partial charge is 0.257 e. The molecule has 1 N–H and O–H groups in total. The summed E-state index contributed by atoms with van der Waals surface area (Å²) in [6.45, 7) is 6.98. The molecule has 2 aromatic rings. The molecule has 3 rings (SSSR count). The average Bonchev–Trinajstić information content (AvgIpc) is 3.39. The topological polar surface area (TPSA) is 51.2 Å². The molecule has 4 heteroatoms. The van der Waals surface area contributed by atoms with Gasteiger partial charge in [0, 0.05) is 18.0 Å². The predicted molar refractivity (Wildman–Crippen MR) is 95.7 cm³/mol. The van der Waals surface area contributed by atoms with Crippen LogP contribution in [0, 0.1) is 12.8 Å². The minimum atomic E-state index is -0.146. The molecule has 24 heavy (non-hydrogen) atoms. The first-order chi connectivity index (χ1) is 11.5. The first kappa shape index (κ1) is 16.5. The number of amides is 1. The van der Waals surface area contributed by atoms with Crippen LogP contribution in [0.1, 0.15) is 54.1 Å². The van der Waals surface area contributed by atoms with E-state index < -0.39 is 0 Å². The molecule has 1 amide bonds. The van der Waals surface area contributed by atoms with Crippen molar-refractivity contribution in [3.63, 3.8) is 0 Å². The van der Waals surface area contributed by atoms with E-state index in [-0.39, 0.29) is 5.91 Å². The zero-order valence-electron chi connectivity index (χ0n) is 14.5. The van der Waals surface area contributed by atoms with Crippen LogP contribution < -0.4 is 10.1 Å². The number of hydrogen-bond acceptors (Lipinski definition) is 3. The fourth-order valence-electron chi connectivity index (χ4n) is 2.62. The molecule has 1 aliphatic rings. The van der Waals surface area contributed by atoms with Gasteiger partial charge >= 0.3 is 0 Å². The molecule has 0 bridgehead atoms. The third-order valence-corrected chi connectivity index (χ3v) is 4.33. The van der Waals surface area contributed by atoms with Crippen LogP contribution in [0.25, 0.3) is 0 Å². The number of ether oxygens (including phenoxy) is 1. The number of nitrogens with zero attached hydrogens (tertiary/aromatic N) is 1. The van der Waals surface area contributed by atoms with Gasteiger partial charge in [0.2, 0.25) is 5.88 Å². The summed E-state index contributed by atoms with van der Waals surface area (Å²) < 4.78 is 5.61. The lowest BCUT2D eigenvalue weighted by Crippen LogP contribution is -2.15. The van der Waals surface area contributed by atoms with E-state index in [4.69, 9.17) is 4.74 Å². The molecule has 1 aromatic carbocycles. The highest BCUT2D eigenvalue weighted by Gasteiger charge is 2.22. The second kappa shape index (κ2) is 7.04. The molecule has 1 aliphatic carbocycles. The number of rotatable bonds is 6. The Morgan fingerprint density at radius 3 is 2.71 bits per heavy atom. The zero-order chi connectivity index (χ0) is 17.1. The maximum absolute atomic E-state index is 12.5. The number of benzene rings is 1.